The third-order valence-corrected chi connectivity index (χ3v) is 3.68. The number of aromatic nitrogens is 3. The molecule has 0 atom stereocenters. The fraction of sp³-hybridized carbons (Fsp3) is 0.235. The lowest BCUT2D eigenvalue weighted by molar-refractivity contribution is 0.865. The number of pyridine rings is 1. The van der Waals surface area contributed by atoms with Gasteiger partial charge in [-0.1, -0.05) is 18.2 Å². The first-order chi connectivity index (χ1) is 11.7. The predicted molar refractivity (Wildman–Crippen MR) is 96.8 cm³/mol. The molecule has 0 aliphatic heterocycles. The number of fused-ring (bicyclic) bond motifs is 1. The molecule has 0 spiro atoms. The number of aromatic amines is 1. The molecular weight excluding hydrogens is 304 g/mol. The van der Waals surface area contributed by atoms with Crippen LogP contribution in [0.15, 0.2) is 41.3 Å². The van der Waals surface area contributed by atoms with Crippen LogP contribution < -0.4 is 21.9 Å². The normalized spacial score (nSPS) is 10.8. The number of aryl methyl sites for hydroxylation is 1. The highest BCUT2D eigenvalue weighted by Gasteiger charge is 2.12. The predicted octanol–water partition coefficient (Wildman–Crippen LogP) is 2.13. The molecule has 124 valence electrons. The summed E-state index contributed by atoms with van der Waals surface area (Å²) in [5.41, 5.74) is 7.83. The van der Waals surface area contributed by atoms with E-state index in [1.54, 1.807) is 12.3 Å². The van der Waals surface area contributed by atoms with Crippen LogP contribution in [0.25, 0.3) is 10.9 Å². The Morgan fingerprint density at radius 2 is 2.04 bits per heavy atom. The summed E-state index contributed by atoms with van der Waals surface area (Å²) in [5, 5.41) is 6.83. The third kappa shape index (κ3) is 3.36. The molecule has 5 N–H and O–H groups in total. The van der Waals surface area contributed by atoms with Gasteiger partial charge in [-0.3, -0.25) is 4.79 Å². The average Bonchev–Trinajstić information content (AvgIpc) is 2.57. The zero-order chi connectivity index (χ0) is 16.9. The van der Waals surface area contributed by atoms with Gasteiger partial charge in [-0.05, 0) is 37.6 Å². The van der Waals surface area contributed by atoms with E-state index in [1.165, 1.54) is 0 Å². The Bertz CT molecular complexity index is 905. The summed E-state index contributed by atoms with van der Waals surface area (Å²) < 4.78 is 0. The Hall–Kier alpha value is -2.93. The molecule has 24 heavy (non-hydrogen) atoms. The molecule has 7 heteroatoms. The summed E-state index contributed by atoms with van der Waals surface area (Å²) in [4.78, 5) is 23.8. The van der Waals surface area contributed by atoms with Crippen molar-refractivity contribution in [1.82, 2.24) is 15.0 Å². The van der Waals surface area contributed by atoms with Gasteiger partial charge in [0.1, 0.15) is 11.2 Å². The number of hydrogen-bond donors (Lipinski definition) is 4. The van der Waals surface area contributed by atoms with Gasteiger partial charge in [-0.15, -0.1) is 0 Å². The lowest BCUT2D eigenvalue weighted by Gasteiger charge is -2.12. The number of H-pyrrole nitrogens is 1. The Morgan fingerprint density at radius 3 is 2.83 bits per heavy atom. The first kappa shape index (κ1) is 15.9. The van der Waals surface area contributed by atoms with Gasteiger partial charge in [0.25, 0.3) is 5.56 Å². The van der Waals surface area contributed by atoms with E-state index in [2.05, 4.69) is 25.6 Å². The van der Waals surface area contributed by atoms with Gasteiger partial charge in [0.15, 0.2) is 0 Å². The summed E-state index contributed by atoms with van der Waals surface area (Å²) in [7, 11) is 0. The van der Waals surface area contributed by atoms with E-state index in [4.69, 9.17) is 5.73 Å². The van der Waals surface area contributed by atoms with E-state index in [-0.39, 0.29) is 5.56 Å². The van der Waals surface area contributed by atoms with Gasteiger partial charge in [0.2, 0.25) is 5.95 Å². The SMILES string of the molecule is Cc1ccccc1Nc1nc(NCCCN)nc2cc[nH]c(=O)c12. The fourth-order valence-electron chi connectivity index (χ4n) is 2.40. The maximum atomic E-state index is 12.2. The number of anilines is 3. The quantitative estimate of drug-likeness (QED) is 0.517. The molecule has 0 saturated heterocycles. The molecule has 0 aliphatic rings. The number of nitrogens with zero attached hydrogens (tertiary/aromatic N) is 2. The second-order valence-corrected chi connectivity index (χ2v) is 5.47. The van der Waals surface area contributed by atoms with Crippen LogP contribution in [0.4, 0.5) is 17.5 Å². The third-order valence-electron chi connectivity index (χ3n) is 3.68. The van der Waals surface area contributed by atoms with Gasteiger partial charge in [-0.25, -0.2) is 4.98 Å². The monoisotopic (exact) mass is 324 g/mol. The van der Waals surface area contributed by atoms with Crippen molar-refractivity contribution in [3.05, 3.63) is 52.4 Å². The highest BCUT2D eigenvalue weighted by Crippen LogP contribution is 2.24. The molecule has 0 unspecified atom stereocenters. The number of hydrogen-bond acceptors (Lipinski definition) is 6. The van der Waals surface area contributed by atoms with Crippen molar-refractivity contribution in [3.8, 4) is 0 Å². The van der Waals surface area contributed by atoms with E-state index in [0.29, 0.717) is 35.8 Å². The minimum absolute atomic E-state index is 0.225. The second kappa shape index (κ2) is 7.10. The van der Waals surface area contributed by atoms with Crippen LogP contribution >= 0.6 is 0 Å². The molecule has 0 amide bonds. The van der Waals surface area contributed by atoms with Crippen LogP contribution in [0.3, 0.4) is 0 Å². The van der Waals surface area contributed by atoms with Crippen molar-refractivity contribution in [2.45, 2.75) is 13.3 Å². The summed E-state index contributed by atoms with van der Waals surface area (Å²) >= 11 is 0. The Kier molecular flexibility index (Phi) is 4.72. The van der Waals surface area contributed by atoms with Crippen molar-refractivity contribution in [3.63, 3.8) is 0 Å². The van der Waals surface area contributed by atoms with E-state index in [0.717, 1.165) is 17.7 Å². The lowest BCUT2D eigenvalue weighted by Crippen LogP contribution is -2.14. The largest absolute Gasteiger partial charge is 0.354 e. The van der Waals surface area contributed by atoms with Crippen LogP contribution in [-0.4, -0.2) is 28.0 Å². The fourth-order valence-corrected chi connectivity index (χ4v) is 2.40. The molecule has 0 aliphatic carbocycles. The van der Waals surface area contributed by atoms with Gasteiger partial charge >= 0.3 is 0 Å². The molecule has 0 saturated carbocycles. The standard InChI is InChI=1S/C17H20N6O/c1-11-5-2-3-6-12(11)21-15-14-13(7-10-19-16(14)24)22-17(23-15)20-9-4-8-18/h2-3,5-7,10H,4,8-9,18H2,1H3,(H,19,24)(H2,20,21,22,23). The maximum Gasteiger partial charge on any atom is 0.261 e. The highest BCUT2D eigenvalue weighted by molar-refractivity contribution is 5.91. The minimum atomic E-state index is -0.225. The number of rotatable bonds is 6. The zero-order valence-corrected chi connectivity index (χ0v) is 13.5. The van der Waals surface area contributed by atoms with Crippen LogP contribution in [0, 0.1) is 6.92 Å². The van der Waals surface area contributed by atoms with Crippen molar-refractivity contribution in [2.24, 2.45) is 5.73 Å². The molecule has 3 rings (SSSR count). The average molecular weight is 324 g/mol. The van der Waals surface area contributed by atoms with Crippen LogP contribution in [0.2, 0.25) is 0 Å². The van der Waals surface area contributed by atoms with E-state index < -0.39 is 0 Å². The number of para-hydroxylation sites is 1. The first-order valence-electron chi connectivity index (χ1n) is 7.85. The number of nitrogens with two attached hydrogens (primary N) is 1. The van der Waals surface area contributed by atoms with Gasteiger partial charge in [0.05, 0.1) is 5.52 Å². The summed E-state index contributed by atoms with van der Waals surface area (Å²) in [6, 6.07) is 9.60. The maximum absolute atomic E-state index is 12.2. The zero-order valence-electron chi connectivity index (χ0n) is 13.5. The highest BCUT2D eigenvalue weighted by atomic mass is 16.1. The molecule has 7 nitrogen and oxygen atoms in total. The first-order valence-corrected chi connectivity index (χ1v) is 7.85. The van der Waals surface area contributed by atoms with Gasteiger partial charge in [0, 0.05) is 18.4 Å². The van der Waals surface area contributed by atoms with Crippen molar-refractivity contribution in [1.29, 1.82) is 0 Å². The molecule has 0 bridgehead atoms. The topological polar surface area (TPSA) is 109 Å². The molecule has 2 heterocycles. The Morgan fingerprint density at radius 1 is 1.21 bits per heavy atom. The molecule has 2 aromatic heterocycles. The van der Waals surface area contributed by atoms with E-state index in [9.17, 15) is 4.79 Å². The second-order valence-electron chi connectivity index (χ2n) is 5.47. The number of nitrogens with one attached hydrogen (secondary N) is 3. The summed E-state index contributed by atoms with van der Waals surface area (Å²) in [6.45, 7) is 3.26. The molecule has 0 radical (unpaired) electrons. The van der Waals surface area contributed by atoms with Crippen LogP contribution in [-0.2, 0) is 0 Å². The molecule has 0 fully saturated rings. The molecular formula is C17H20N6O. The van der Waals surface area contributed by atoms with Crippen LogP contribution in [0.5, 0.6) is 0 Å². The van der Waals surface area contributed by atoms with E-state index in [1.807, 2.05) is 31.2 Å². The summed E-state index contributed by atoms with van der Waals surface area (Å²) in [6.07, 6.45) is 2.40. The van der Waals surface area contributed by atoms with Gasteiger partial charge < -0.3 is 21.4 Å². The Balaban J connectivity index is 2.06. The van der Waals surface area contributed by atoms with Crippen molar-refractivity contribution < 1.29 is 0 Å². The van der Waals surface area contributed by atoms with Gasteiger partial charge in [-0.2, -0.15) is 4.98 Å². The Labute approximate surface area is 139 Å². The van der Waals surface area contributed by atoms with E-state index >= 15 is 0 Å². The smallest absolute Gasteiger partial charge is 0.261 e. The van der Waals surface area contributed by atoms with Crippen LogP contribution in [0.1, 0.15) is 12.0 Å². The molecule has 3 aromatic rings. The molecule has 1 aromatic carbocycles. The lowest BCUT2D eigenvalue weighted by atomic mass is 10.2. The van der Waals surface area contributed by atoms with Crippen molar-refractivity contribution in [2.75, 3.05) is 23.7 Å². The summed E-state index contributed by atoms with van der Waals surface area (Å²) in [5.74, 6) is 0.948. The van der Waals surface area contributed by atoms with Crippen molar-refractivity contribution >= 4 is 28.4 Å². The minimum Gasteiger partial charge on any atom is -0.354 e. The number of benzene rings is 1.